The van der Waals surface area contributed by atoms with Gasteiger partial charge in [0.05, 0.1) is 0 Å². The number of nitrogens with two attached hydrogens (primary N) is 1. The molecule has 1 aromatic heterocycles. The molecular formula is C15H20BrN5. The van der Waals surface area contributed by atoms with E-state index in [2.05, 4.69) is 62.6 Å². The monoisotopic (exact) mass is 349 g/mol. The van der Waals surface area contributed by atoms with Crippen molar-refractivity contribution in [2.75, 3.05) is 10.7 Å². The summed E-state index contributed by atoms with van der Waals surface area (Å²) < 4.78 is 1.07. The second-order valence-electron chi connectivity index (χ2n) is 5.18. The maximum absolute atomic E-state index is 5.54. The molecule has 0 bridgehead atoms. The molecule has 1 aromatic carbocycles. The van der Waals surface area contributed by atoms with E-state index in [0.29, 0.717) is 12.4 Å². The summed E-state index contributed by atoms with van der Waals surface area (Å²) in [6.07, 6.45) is 0. The summed E-state index contributed by atoms with van der Waals surface area (Å²) in [7, 11) is 0. The van der Waals surface area contributed by atoms with Crippen molar-refractivity contribution >= 4 is 27.6 Å². The topological polar surface area (TPSA) is 75.9 Å². The number of nitrogens with one attached hydrogen (secondary N) is 2. The van der Waals surface area contributed by atoms with Crippen LogP contribution in [0.4, 0.5) is 11.6 Å². The Hall–Kier alpha value is -1.66. The molecular weight excluding hydrogens is 330 g/mol. The molecule has 0 radical (unpaired) electrons. The van der Waals surface area contributed by atoms with Crippen molar-refractivity contribution in [3.63, 3.8) is 0 Å². The predicted molar refractivity (Wildman–Crippen MR) is 90.1 cm³/mol. The fourth-order valence-electron chi connectivity index (χ4n) is 1.89. The van der Waals surface area contributed by atoms with Crippen molar-refractivity contribution < 1.29 is 0 Å². The summed E-state index contributed by atoms with van der Waals surface area (Å²) in [4.78, 5) is 9.01. The molecule has 0 spiro atoms. The van der Waals surface area contributed by atoms with Crippen LogP contribution in [0.15, 0.2) is 28.7 Å². The summed E-state index contributed by atoms with van der Waals surface area (Å²) >= 11 is 3.43. The number of nitrogen functional groups attached to an aromatic ring is 1. The summed E-state index contributed by atoms with van der Waals surface area (Å²) in [5, 5.41) is 3.36. The van der Waals surface area contributed by atoms with Crippen LogP contribution in [0.25, 0.3) is 0 Å². The Bertz CT molecular complexity index is 610. The van der Waals surface area contributed by atoms with Crippen molar-refractivity contribution in [2.24, 2.45) is 5.84 Å². The van der Waals surface area contributed by atoms with E-state index in [1.807, 2.05) is 19.1 Å². The van der Waals surface area contributed by atoms with Gasteiger partial charge in [-0.15, -0.1) is 0 Å². The van der Waals surface area contributed by atoms with E-state index < -0.39 is 0 Å². The standard InChI is InChI=1S/C15H20BrN5/c1-9(2)13-19-14(10(3)15(20-13)21-17)18-8-11-4-6-12(16)7-5-11/h4-7,9H,8,17H2,1-3H3,(H2,18,19,20,21). The van der Waals surface area contributed by atoms with Crippen LogP contribution in [-0.2, 0) is 6.54 Å². The molecule has 0 fully saturated rings. The van der Waals surface area contributed by atoms with E-state index in [1.54, 1.807) is 0 Å². The highest BCUT2D eigenvalue weighted by Crippen LogP contribution is 2.23. The Kier molecular flexibility index (Phi) is 5.14. The summed E-state index contributed by atoms with van der Waals surface area (Å²) in [6.45, 7) is 6.77. The molecule has 0 saturated carbocycles. The number of hydrogen-bond donors (Lipinski definition) is 3. The molecule has 0 amide bonds. The second-order valence-corrected chi connectivity index (χ2v) is 6.10. The quantitative estimate of drug-likeness (QED) is 0.568. The molecule has 0 saturated heterocycles. The van der Waals surface area contributed by atoms with E-state index in [9.17, 15) is 0 Å². The molecule has 5 nitrogen and oxygen atoms in total. The van der Waals surface area contributed by atoms with Gasteiger partial charge in [0, 0.05) is 22.5 Å². The Morgan fingerprint density at radius 1 is 1.14 bits per heavy atom. The third-order valence-corrected chi connectivity index (χ3v) is 3.72. The summed E-state index contributed by atoms with van der Waals surface area (Å²) in [5.41, 5.74) is 4.74. The van der Waals surface area contributed by atoms with Gasteiger partial charge in [0.1, 0.15) is 17.5 Å². The lowest BCUT2D eigenvalue weighted by atomic mass is 10.2. The van der Waals surface area contributed by atoms with Gasteiger partial charge in [-0.25, -0.2) is 15.8 Å². The smallest absolute Gasteiger partial charge is 0.148 e. The van der Waals surface area contributed by atoms with Gasteiger partial charge in [0.25, 0.3) is 0 Å². The molecule has 2 rings (SSSR count). The summed E-state index contributed by atoms with van der Waals surface area (Å²) in [6, 6.07) is 8.19. The number of anilines is 2. The molecule has 0 aliphatic rings. The molecule has 0 atom stereocenters. The van der Waals surface area contributed by atoms with Crippen LogP contribution in [0, 0.1) is 6.92 Å². The number of benzene rings is 1. The Balaban J connectivity index is 2.22. The average molecular weight is 350 g/mol. The van der Waals surface area contributed by atoms with Crippen molar-refractivity contribution in [1.82, 2.24) is 9.97 Å². The van der Waals surface area contributed by atoms with Crippen LogP contribution in [0.5, 0.6) is 0 Å². The largest absolute Gasteiger partial charge is 0.366 e. The number of hydrazine groups is 1. The van der Waals surface area contributed by atoms with E-state index in [1.165, 1.54) is 5.56 Å². The van der Waals surface area contributed by atoms with Crippen molar-refractivity contribution in [3.05, 3.63) is 45.7 Å². The number of rotatable bonds is 5. The van der Waals surface area contributed by atoms with Gasteiger partial charge in [-0.05, 0) is 24.6 Å². The van der Waals surface area contributed by atoms with Crippen LogP contribution in [0.1, 0.15) is 36.7 Å². The normalized spacial score (nSPS) is 10.8. The minimum atomic E-state index is 0.242. The fourth-order valence-corrected chi connectivity index (χ4v) is 2.16. The predicted octanol–water partition coefficient (Wildman–Crippen LogP) is 3.57. The number of hydrogen-bond acceptors (Lipinski definition) is 5. The maximum Gasteiger partial charge on any atom is 0.148 e. The first-order chi connectivity index (χ1) is 10.0. The van der Waals surface area contributed by atoms with Crippen LogP contribution >= 0.6 is 15.9 Å². The van der Waals surface area contributed by atoms with E-state index >= 15 is 0 Å². The van der Waals surface area contributed by atoms with Gasteiger partial charge in [0.2, 0.25) is 0 Å². The first-order valence-electron chi connectivity index (χ1n) is 6.84. The zero-order valence-electron chi connectivity index (χ0n) is 12.4. The number of aromatic nitrogens is 2. The number of halogens is 1. The third kappa shape index (κ3) is 3.92. The molecule has 0 aliphatic carbocycles. The maximum atomic E-state index is 5.54. The summed E-state index contributed by atoms with van der Waals surface area (Å²) in [5.74, 6) is 8.02. The zero-order valence-corrected chi connectivity index (χ0v) is 14.0. The number of nitrogens with zero attached hydrogens (tertiary/aromatic N) is 2. The molecule has 0 unspecified atom stereocenters. The highest BCUT2D eigenvalue weighted by atomic mass is 79.9. The zero-order chi connectivity index (χ0) is 15.4. The lowest BCUT2D eigenvalue weighted by Gasteiger charge is -2.15. The van der Waals surface area contributed by atoms with E-state index in [0.717, 1.165) is 21.7 Å². The molecule has 4 N–H and O–H groups in total. The lowest BCUT2D eigenvalue weighted by molar-refractivity contribution is 0.772. The van der Waals surface area contributed by atoms with Crippen LogP contribution in [0.2, 0.25) is 0 Å². The molecule has 0 aliphatic heterocycles. The van der Waals surface area contributed by atoms with E-state index in [4.69, 9.17) is 5.84 Å². The molecule has 1 heterocycles. The van der Waals surface area contributed by atoms with Gasteiger partial charge in [-0.3, -0.25) is 0 Å². The first-order valence-corrected chi connectivity index (χ1v) is 7.64. The minimum Gasteiger partial charge on any atom is -0.366 e. The lowest BCUT2D eigenvalue weighted by Crippen LogP contribution is -2.15. The van der Waals surface area contributed by atoms with Gasteiger partial charge >= 0.3 is 0 Å². The van der Waals surface area contributed by atoms with Gasteiger partial charge in [0.15, 0.2) is 0 Å². The van der Waals surface area contributed by atoms with Crippen LogP contribution in [-0.4, -0.2) is 9.97 Å². The van der Waals surface area contributed by atoms with Crippen LogP contribution < -0.4 is 16.6 Å². The van der Waals surface area contributed by atoms with Crippen molar-refractivity contribution in [1.29, 1.82) is 0 Å². The first kappa shape index (κ1) is 15.7. The highest BCUT2D eigenvalue weighted by Gasteiger charge is 2.12. The van der Waals surface area contributed by atoms with Crippen molar-refractivity contribution in [2.45, 2.75) is 33.2 Å². The SMILES string of the molecule is Cc1c(NN)nc(C(C)C)nc1NCc1ccc(Br)cc1. The van der Waals surface area contributed by atoms with Gasteiger partial charge in [-0.2, -0.15) is 0 Å². The third-order valence-electron chi connectivity index (χ3n) is 3.19. The molecule has 2 aromatic rings. The second kappa shape index (κ2) is 6.87. The Morgan fingerprint density at radius 2 is 1.76 bits per heavy atom. The van der Waals surface area contributed by atoms with Gasteiger partial charge < -0.3 is 10.7 Å². The fraction of sp³-hybridized carbons (Fsp3) is 0.333. The molecule has 21 heavy (non-hydrogen) atoms. The van der Waals surface area contributed by atoms with E-state index in [-0.39, 0.29) is 5.92 Å². The average Bonchev–Trinajstić information content (AvgIpc) is 2.47. The van der Waals surface area contributed by atoms with Crippen LogP contribution in [0.3, 0.4) is 0 Å². The van der Waals surface area contributed by atoms with Crippen molar-refractivity contribution in [3.8, 4) is 0 Å². The minimum absolute atomic E-state index is 0.242. The molecule has 6 heteroatoms. The molecule has 112 valence electrons. The highest BCUT2D eigenvalue weighted by molar-refractivity contribution is 9.10. The Labute approximate surface area is 133 Å². The Morgan fingerprint density at radius 3 is 2.33 bits per heavy atom. The van der Waals surface area contributed by atoms with Gasteiger partial charge in [-0.1, -0.05) is 41.9 Å².